The fraction of sp³-hybridized carbons (Fsp3) is 0.286. The predicted molar refractivity (Wildman–Crippen MR) is 117 cm³/mol. The molecule has 0 saturated carbocycles. The maximum absolute atomic E-state index is 11.8. The number of hydrogen-bond donors (Lipinski definition) is 1. The molecule has 146 valence electrons. The van der Waals surface area contributed by atoms with Gasteiger partial charge in [0.15, 0.2) is 0 Å². The summed E-state index contributed by atoms with van der Waals surface area (Å²) in [5.74, 6) is 0.694. The van der Waals surface area contributed by atoms with Crippen molar-refractivity contribution in [3.8, 4) is 10.6 Å². The van der Waals surface area contributed by atoms with Crippen LogP contribution in [-0.4, -0.2) is 21.5 Å². The van der Waals surface area contributed by atoms with E-state index in [4.69, 9.17) is 4.98 Å². The highest BCUT2D eigenvalue weighted by Gasteiger charge is 2.16. The van der Waals surface area contributed by atoms with Crippen LogP contribution in [0.1, 0.15) is 37.4 Å². The lowest BCUT2D eigenvalue weighted by atomic mass is 10.1. The molecule has 7 heteroatoms. The van der Waals surface area contributed by atoms with Crippen LogP contribution in [0.4, 0.5) is 17.3 Å². The van der Waals surface area contributed by atoms with Crippen LogP contribution in [0.15, 0.2) is 48.7 Å². The molecular formula is C21H24N5OS-. The monoisotopic (exact) mass is 394 g/mol. The molecule has 0 fully saturated rings. The summed E-state index contributed by atoms with van der Waals surface area (Å²) in [6, 6.07) is 9.17. The van der Waals surface area contributed by atoms with Crippen molar-refractivity contribution in [1.82, 2.24) is 15.0 Å². The minimum Gasteiger partial charge on any atom is -0.758 e. The molecule has 1 atom stereocenters. The third kappa shape index (κ3) is 4.37. The Labute approximate surface area is 169 Å². The van der Waals surface area contributed by atoms with Crippen molar-refractivity contribution in [3.05, 3.63) is 64.6 Å². The van der Waals surface area contributed by atoms with Crippen LogP contribution in [0.2, 0.25) is 0 Å². The molecule has 1 aromatic carbocycles. The number of nitrogens with zero attached hydrogens (tertiary/aromatic N) is 4. The number of hydroxylamine groups is 1. The van der Waals surface area contributed by atoms with Gasteiger partial charge in [-0.2, -0.15) is 0 Å². The van der Waals surface area contributed by atoms with E-state index >= 15 is 0 Å². The van der Waals surface area contributed by atoms with E-state index in [1.807, 2.05) is 39.0 Å². The molecule has 0 aliphatic carbocycles. The molecule has 1 unspecified atom stereocenters. The second-order valence-electron chi connectivity index (χ2n) is 6.67. The van der Waals surface area contributed by atoms with Gasteiger partial charge in [-0.05, 0) is 45.0 Å². The molecule has 0 amide bonds. The number of aromatic nitrogens is 3. The smallest absolute Gasteiger partial charge is 0.227 e. The van der Waals surface area contributed by atoms with Crippen LogP contribution in [0.3, 0.4) is 0 Å². The average Bonchev–Trinajstić information content (AvgIpc) is 3.08. The third-order valence-electron chi connectivity index (χ3n) is 4.49. The number of hydrogen-bond acceptors (Lipinski definition) is 7. The lowest BCUT2D eigenvalue weighted by molar-refractivity contribution is 0.877. The normalized spacial score (nSPS) is 11.9. The van der Waals surface area contributed by atoms with Crippen LogP contribution in [0.5, 0.6) is 0 Å². The summed E-state index contributed by atoms with van der Waals surface area (Å²) < 4.78 is 0. The van der Waals surface area contributed by atoms with Crippen molar-refractivity contribution in [2.45, 2.75) is 33.6 Å². The topological polar surface area (TPSA) is 77.0 Å². The Bertz CT molecular complexity index is 984. The van der Waals surface area contributed by atoms with Crippen molar-refractivity contribution < 1.29 is 0 Å². The number of benzene rings is 1. The van der Waals surface area contributed by atoms with Crippen LogP contribution >= 0.6 is 11.3 Å². The minimum absolute atomic E-state index is 0.216. The lowest BCUT2D eigenvalue weighted by Gasteiger charge is -2.29. The summed E-state index contributed by atoms with van der Waals surface area (Å²) >= 11 is 1.64. The van der Waals surface area contributed by atoms with Crippen molar-refractivity contribution in [1.29, 1.82) is 0 Å². The van der Waals surface area contributed by atoms with Gasteiger partial charge < -0.3 is 15.6 Å². The molecule has 6 nitrogen and oxygen atoms in total. The summed E-state index contributed by atoms with van der Waals surface area (Å²) in [6.07, 6.45) is 1.72. The average molecular weight is 395 g/mol. The van der Waals surface area contributed by atoms with Gasteiger partial charge in [-0.15, -0.1) is 11.3 Å². The van der Waals surface area contributed by atoms with E-state index in [0.29, 0.717) is 18.2 Å². The largest absolute Gasteiger partial charge is 0.758 e. The first-order valence-corrected chi connectivity index (χ1v) is 9.98. The highest BCUT2D eigenvalue weighted by Crippen LogP contribution is 2.34. The highest BCUT2D eigenvalue weighted by molar-refractivity contribution is 7.15. The Morgan fingerprint density at radius 2 is 2.11 bits per heavy atom. The molecule has 0 aliphatic rings. The van der Waals surface area contributed by atoms with E-state index in [9.17, 15) is 5.21 Å². The van der Waals surface area contributed by atoms with Gasteiger partial charge in [0.1, 0.15) is 5.01 Å². The second kappa shape index (κ2) is 8.50. The predicted octanol–water partition coefficient (Wildman–Crippen LogP) is 5.66. The van der Waals surface area contributed by atoms with E-state index in [0.717, 1.165) is 37.6 Å². The Morgan fingerprint density at radius 1 is 1.32 bits per heavy atom. The zero-order chi connectivity index (χ0) is 20.3. The fourth-order valence-corrected chi connectivity index (χ4v) is 3.83. The van der Waals surface area contributed by atoms with E-state index in [-0.39, 0.29) is 5.92 Å². The van der Waals surface area contributed by atoms with E-state index in [1.165, 1.54) is 0 Å². The Balaban J connectivity index is 1.87. The molecule has 0 radical (unpaired) electrons. The van der Waals surface area contributed by atoms with Gasteiger partial charge in [0, 0.05) is 30.0 Å². The first kappa shape index (κ1) is 20.0. The van der Waals surface area contributed by atoms with Crippen LogP contribution < -0.4 is 10.4 Å². The van der Waals surface area contributed by atoms with Crippen LogP contribution in [0, 0.1) is 12.1 Å². The number of rotatable bonds is 7. The van der Waals surface area contributed by atoms with Gasteiger partial charge in [0.25, 0.3) is 0 Å². The van der Waals surface area contributed by atoms with Crippen molar-refractivity contribution in [3.63, 3.8) is 0 Å². The number of nitrogens with one attached hydrogen (secondary N) is 1. The van der Waals surface area contributed by atoms with Gasteiger partial charge in [0.05, 0.1) is 16.3 Å². The molecule has 0 bridgehead atoms. The molecule has 0 spiro atoms. The number of thiazole rings is 1. The van der Waals surface area contributed by atoms with E-state index in [1.54, 1.807) is 29.7 Å². The third-order valence-corrected chi connectivity index (χ3v) is 5.85. The van der Waals surface area contributed by atoms with Crippen molar-refractivity contribution >= 4 is 28.7 Å². The molecule has 3 rings (SSSR count). The van der Waals surface area contributed by atoms with Crippen LogP contribution in [0.25, 0.3) is 10.6 Å². The van der Waals surface area contributed by atoms with Gasteiger partial charge in [-0.25, -0.2) is 15.0 Å². The number of allylic oxidation sites excluding steroid dienone is 1. The zero-order valence-electron chi connectivity index (χ0n) is 16.6. The summed E-state index contributed by atoms with van der Waals surface area (Å²) in [5, 5.41) is 17.0. The summed E-state index contributed by atoms with van der Waals surface area (Å²) in [4.78, 5) is 14.7. The molecule has 3 aromatic rings. The molecule has 0 saturated heterocycles. The standard InChI is InChI=1S/C21H24N5OS/c1-6-26(27)17-9-7-8-16(12-17)24-21-22-11-10-18(25-21)19-15(5)23-20(28-19)14(4)13(2)3/h7-12,14H,2,6H2,1,3-5H3,(H,22,24,25)/q-1. The number of aryl methyl sites for hydroxylation is 1. The Kier molecular flexibility index (Phi) is 6.06. The highest BCUT2D eigenvalue weighted by atomic mass is 32.1. The quantitative estimate of drug-likeness (QED) is 0.412. The van der Waals surface area contributed by atoms with E-state index < -0.39 is 0 Å². The van der Waals surface area contributed by atoms with Crippen LogP contribution in [-0.2, 0) is 0 Å². The van der Waals surface area contributed by atoms with Gasteiger partial charge in [0.2, 0.25) is 5.95 Å². The molecular weight excluding hydrogens is 370 g/mol. The second-order valence-corrected chi connectivity index (χ2v) is 7.70. The lowest BCUT2D eigenvalue weighted by Crippen LogP contribution is -2.13. The Hall–Kier alpha value is -2.77. The molecule has 0 aliphatic heterocycles. The SMILES string of the molecule is C=C(C)C(C)c1nc(C)c(-c2ccnc(Nc3cccc(N([O-])CC)c3)n2)s1. The molecule has 2 heterocycles. The van der Waals surface area contributed by atoms with Crippen molar-refractivity contribution in [2.75, 3.05) is 16.9 Å². The van der Waals surface area contributed by atoms with Gasteiger partial charge >= 0.3 is 0 Å². The summed E-state index contributed by atoms with van der Waals surface area (Å²) in [6.45, 7) is 12.4. The maximum atomic E-state index is 11.8. The van der Waals surface area contributed by atoms with E-state index in [2.05, 4.69) is 28.8 Å². The summed E-state index contributed by atoms with van der Waals surface area (Å²) in [5.41, 5.74) is 4.22. The maximum Gasteiger partial charge on any atom is 0.227 e. The number of anilines is 3. The van der Waals surface area contributed by atoms with Gasteiger partial charge in [-0.3, -0.25) is 0 Å². The van der Waals surface area contributed by atoms with Crippen molar-refractivity contribution in [2.24, 2.45) is 0 Å². The first-order valence-electron chi connectivity index (χ1n) is 9.17. The first-order chi connectivity index (χ1) is 13.4. The minimum atomic E-state index is 0.216. The fourth-order valence-electron chi connectivity index (χ4n) is 2.65. The molecule has 2 aromatic heterocycles. The summed E-state index contributed by atoms with van der Waals surface area (Å²) in [7, 11) is 0. The Morgan fingerprint density at radius 3 is 2.82 bits per heavy atom. The zero-order valence-corrected chi connectivity index (χ0v) is 17.4. The van der Waals surface area contributed by atoms with Gasteiger partial charge in [-0.1, -0.05) is 25.1 Å². The molecule has 1 N–H and O–H groups in total. The molecule has 28 heavy (non-hydrogen) atoms.